The number of nitrogens with one attached hydrogen (secondary N) is 2. The van der Waals surface area contributed by atoms with Gasteiger partial charge in [0.05, 0.1) is 0 Å². The highest BCUT2D eigenvalue weighted by Gasteiger charge is 2.01. The van der Waals surface area contributed by atoms with E-state index in [1.807, 2.05) is 0 Å². The second kappa shape index (κ2) is 7.59. The van der Waals surface area contributed by atoms with Crippen LogP contribution >= 0.6 is 0 Å². The van der Waals surface area contributed by atoms with Gasteiger partial charge in [-0.05, 0) is 24.3 Å². The van der Waals surface area contributed by atoms with Crippen LogP contribution in [0.4, 0.5) is 11.4 Å². The molecule has 2 N–H and O–H groups in total. The van der Waals surface area contributed by atoms with E-state index in [1.54, 1.807) is 48.5 Å². The molecule has 0 saturated heterocycles. The highest BCUT2D eigenvalue weighted by atomic mass is 16.6. The lowest BCUT2D eigenvalue weighted by Gasteiger charge is -2.09. The number of hydrogen-bond acceptors (Lipinski definition) is 4. The summed E-state index contributed by atoms with van der Waals surface area (Å²) < 4.78 is 10.9. The summed E-state index contributed by atoms with van der Waals surface area (Å²) in [6.45, 7) is 0. The van der Waals surface area contributed by atoms with Crippen LogP contribution in [0.25, 0.3) is 0 Å². The van der Waals surface area contributed by atoms with Crippen LogP contribution in [0.3, 0.4) is 0 Å². The quantitative estimate of drug-likeness (QED) is 0.569. The van der Waals surface area contributed by atoms with Crippen LogP contribution in [0.5, 0.6) is 11.5 Å². The van der Waals surface area contributed by atoms with Gasteiger partial charge in [0.1, 0.15) is 11.5 Å². The molecule has 0 fully saturated rings. The van der Waals surface area contributed by atoms with Gasteiger partial charge in [-0.15, -0.1) is 0 Å². The SMILES string of the molecule is O=CNc1cccc(OBOc2cccc(NC=O)c2)c1. The molecule has 106 valence electrons. The number of hydrogen-bond donors (Lipinski definition) is 2. The standard InChI is InChI=1S/C14H13BN2O4/c18-9-16-11-3-1-5-13(7-11)20-15-21-14-6-2-4-12(8-14)17-10-19/h1-10,15H,(H,16,18)(H,17,19). The van der Waals surface area contributed by atoms with E-state index in [0.717, 1.165) is 0 Å². The summed E-state index contributed by atoms with van der Waals surface area (Å²) in [5, 5.41) is 5.07. The summed E-state index contributed by atoms with van der Waals surface area (Å²) in [7, 11) is 0.00901. The molecule has 0 aliphatic heterocycles. The molecule has 2 aromatic carbocycles. The van der Waals surface area contributed by atoms with Gasteiger partial charge in [-0.25, -0.2) is 0 Å². The summed E-state index contributed by atoms with van der Waals surface area (Å²) in [4.78, 5) is 20.7. The van der Waals surface area contributed by atoms with Crippen LogP contribution in [0, 0.1) is 0 Å². The molecule has 7 heteroatoms. The smallest absolute Gasteiger partial charge is 0.528 e. The van der Waals surface area contributed by atoms with E-state index in [4.69, 9.17) is 9.31 Å². The summed E-state index contributed by atoms with van der Waals surface area (Å²) >= 11 is 0. The van der Waals surface area contributed by atoms with Gasteiger partial charge in [-0.1, -0.05) is 12.1 Å². The van der Waals surface area contributed by atoms with Gasteiger partial charge in [0.15, 0.2) is 0 Å². The summed E-state index contributed by atoms with van der Waals surface area (Å²) in [6, 6.07) is 13.9. The van der Waals surface area contributed by atoms with Gasteiger partial charge in [-0.2, -0.15) is 0 Å². The van der Waals surface area contributed by atoms with Crippen LogP contribution in [-0.2, 0) is 9.59 Å². The summed E-state index contributed by atoms with van der Waals surface area (Å²) in [5.41, 5.74) is 1.28. The minimum atomic E-state index is 0.00901. The average molecular weight is 284 g/mol. The lowest BCUT2D eigenvalue weighted by atomic mass is 10.2. The zero-order valence-corrected chi connectivity index (χ0v) is 11.1. The molecule has 0 radical (unpaired) electrons. The summed E-state index contributed by atoms with van der Waals surface area (Å²) in [5.74, 6) is 1.15. The van der Waals surface area contributed by atoms with Crippen LogP contribution in [0.2, 0.25) is 0 Å². The Morgan fingerprint density at radius 2 is 1.29 bits per heavy atom. The normalized spacial score (nSPS) is 9.33. The topological polar surface area (TPSA) is 76.7 Å². The minimum Gasteiger partial charge on any atom is -0.528 e. The predicted octanol–water partition coefficient (Wildman–Crippen LogP) is 1.55. The van der Waals surface area contributed by atoms with Crippen molar-refractivity contribution in [2.75, 3.05) is 10.6 Å². The molecule has 0 saturated carbocycles. The molecular formula is C14H13BN2O4. The monoisotopic (exact) mass is 284 g/mol. The van der Waals surface area contributed by atoms with Gasteiger partial charge in [0, 0.05) is 23.5 Å². The molecule has 6 nitrogen and oxygen atoms in total. The first-order chi connectivity index (χ1) is 10.3. The largest absolute Gasteiger partial charge is 0.576 e. The van der Waals surface area contributed by atoms with Gasteiger partial charge < -0.3 is 19.9 Å². The van der Waals surface area contributed by atoms with Gasteiger partial charge in [0.2, 0.25) is 12.8 Å². The molecule has 0 aliphatic carbocycles. The Morgan fingerprint density at radius 3 is 1.71 bits per heavy atom. The number of carbonyl (C=O) groups is 2. The number of amides is 2. The van der Waals surface area contributed by atoms with E-state index < -0.39 is 0 Å². The third-order valence-corrected chi connectivity index (χ3v) is 2.57. The van der Waals surface area contributed by atoms with Crippen molar-refractivity contribution in [3.05, 3.63) is 48.5 Å². The van der Waals surface area contributed by atoms with Crippen molar-refractivity contribution in [3.63, 3.8) is 0 Å². The second-order valence-corrected chi connectivity index (χ2v) is 3.99. The first kappa shape index (κ1) is 14.5. The molecule has 21 heavy (non-hydrogen) atoms. The number of carbonyl (C=O) groups excluding carboxylic acids is 2. The van der Waals surface area contributed by atoms with Gasteiger partial charge in [0.25, 0.3) is 0 Å². The molecule has 0 aliphatic rings. The predicted molar refractivity (Wildman–Crippen MR) is 80.7 cm³/mol. The zero-order valence-electron chi connectivity index (χ0n) is 11.1. The third kappa shape index (κ3) is 4.57. The van der Waals surface area contributed by atoms with Crippen LogP contribution < -0.4 is 19.9 Å². The van der Waals surface area contributed by atoms with Crippen LogP contribution in [-0.4, -0.2) is 20.5 Å². The maximum Gasteiger partial charge on any atom is 0.576 e. The maximum atomic E-state index is 10.4. The lowest BCUT2D eigenvalue weighted by molar-refractivity contribution is -0.106. The molecule has 2 amide bonds. The van der Waals surface area contributed by atoms with E-state index in [2.05, 4.69) is 10.6 Å². The van der Waals surface area contributed by atoms with Crippen molar-refractivity contribution in [2.45, 2.75) is 0 Å². The first-order valence-electron chi connectivity index (χ1n) is 6.18. The molecule has 2 rings (SSSR count). The second-order valence-electron chi connectivity index (χ2n) is 3.99. The van der Waals surface area contributed by atoms with Crippen molar-refractivity contribution in [1.82, 2.24) is 0 Å². The van der Waals surface area contributed by atoms with Crippen molar-refractivity contribution in [1.29, 1.82) is 0 Å². The number of benzene rings is 2. The van der Waals surface area contributed by atoms with E-state index in [1.165, 1.54) is 0 Å². The Kier molecular flexibility index (Phi) is 5.22. The fourth-order valence-electron chi connectivity index (χ4n) is 1.65. The Labute approximate surface area is 122 Å². The molecule has 0 heterocycles. The Hall–Kier alpha value is -2.96. The molecule has 0 bridgehead atoms. The minimum absolute atomic E-state index is 0.00901. The molecule has 0 aromatic heterocycles. The third-order valence-electron chi connectivity index (χ3n) is 2.57. The van der Waals surface area contributed by atoms with E-state index in [0.29, 0.717) is 35.7 Å². The zero-order chi connectivity index (χ0) is 14.9. The van der Waals surface area contributed by atoms with E-state index in [-0.39, 0.29) is 7.69 Å². The Morgan fingerprint density at radius 1 is 0.810 bits per heavy atom. The summed E-state index contributed by atoms with van der Waals surface area (Å²) in [6.07, 6.45) is 1.20. The van der Waals surface area contributed by atoms with Crippen LogP contribution in [0.15, 0.2) is 48.5 Å². The fourth-order valence-corrected chi connectivity index (χ4v) is 1.65. The van der Waals surface area contributed by atoms with Gasteiger partial charge >= 0.3 is 7.69 Å². The van der Waals surface area contributed by atoms with Crippen molar-refractivity contribution in [2.24, 2.45) is 0 Å². The Bertz CT molecular complexity index is 568. The van der Waals surface area contributed by atoms with Crippen molar-refractivity contribution < 1.29 is 18.9 Å². The molecule has 0 unspecified atom stereocenters. The number of rotatable bonds is 8. The molecule has 0 atom stereocenters. The molecule has 2 aromatic rings. The highest BCUT2D eigenvalue weighted by molar-refractivity contribution is 6.20. The molecular weight excluding hydrogens is 271 g/mol. The number of anilines is 2. The fraction of sp³-hybridized carbons (Fsp3) is 0. The maximum absolute atomic E-state index is 10.4. The Balaban J connectivity index is 1.89. The van der Waals surface area contributed by atoms with Gasteiger partial charge in [-0.3, -0.25) is 9.59 Å². The molecule has 0 spiro atoms. The highest BCUT2D eigenvalue weighted by Crippen LogP contribution is 2.18. The average Bonchev–Trinajstić information content (AvgIpc) is 2.49. The lowest BCUT2D eigenvalue weighted by Crippen LogP contribution is -2.11. The van der Waals surface area contributed by atoms with E-state index >= 15 is 0 Å². The van der Waals surface area contributed by atoms with Crippen molar-refractivity contribution >= 4 is 31.9 Å². The van der Waals surface area contributed by atoms with Crippen LogP contribution in [0.1, 0.15) is 0 Å². The van der Waals surface area contributed by atoms with Crippen molar-refractivity contribution in [3.8, 4) is 11.5 Å². The first-order valence-corrected chi connectivity index (χ1v) is 6.18. The van der Waals surface area contributed by atoms with E-state index in [9.17, 15) is 9.59 Å².